The number of rotatable bonds is 5. The minimum Gasteiger partial charge on any atom is -0.350 e. The van der Waals surface area contributed by atoms with E-state index in [1.54, 1.807) is 0 Å². The lowest BCUT2D eigenvalue weighted by molar-refractivity contribution is -0.122. The van der Waals surface area contributed by atoms with Gasteiger partial charge in [-0.3, -0.25) is 9.59 Å². The molecular weight excluding hydrogens is 314 g/mol. The van der Waals surface area contributed by atoms with Crippen LogP contribution < -0.4 is 16.4 Å². The van der Waals surface area contributed by atoms with Crippen molar-refractivity contribution in [2.24, 2.45) is 11.7 Å². The van der Waals surface area contributed by atoms with Crippen LogP contribution in [0.2, 0.25) is 0 Å². The molecule has 1 unspecified atom stereocenters. The number of halogens is 1. The molecule has 23 heavy (non-hydrogen) atoms. The van der Waals surface area contributed by atoms with E-state index < -0.39 is 0 Å². The Hall–Kier alpha value is -1.59. The molecule has 0 spiro atoms. The Morgan fingerprint density at radius 2 is 2.09 bits per heavy atom. The van der Waals surface area contributed by atoms with Crippen molar-refractivity contribution >= 4 is 29.9 Å². The van der Waals surface area contributed by atoms with Crippen LogP contribution in [-0.2, 0) is 9.59 Å². The molecule has 0 heterocycles. The smallest absolute Gasteiger partial charge is 0.221 e. The maximum absolute atomic E-state index is 12.2. The molecule has 1 saturated carbocycles. The number of benzene rings is 1. The lowest BCUT2D eigenvalue weighted by atomic mass is 9.99. The van der Waals surface area contributed by atoms with Crippen LogP contribution in [0.5, 0.6) is 0 Å². The fourth-order valence-electron chi connectivity index (χ4n) is 3.03. The second-order valence-corrected chi connectivity index (χ2v) is 6.15. The first-order chi connectivity index (χ1) is 10.5. The van der Waals surface area contributed by atoms with Gasteiger partial charge in [-0.1, -0.05) is 18.6 Å². The van der Waals surface area contributed by atoms with Gasteiger partial charge >= 0.3 is 0 Å². The van der Waals surface area contributed by atoms with Crippen molar-refractivity contribution in [3.8, 4) is 0 Å². The first-order valence-electron chi connectivity index (χ1n) is 7.88. The highest BCUT2D eigenvalue weighted by Gasteiger charge is 2.26. The summed E-state index contributed by atoms with van der Waals surface area (Å²) in [5.74, 6) is 0.238. The Balaban J connectivity index is 0.00000264. The van der Waals surface area contributed by atoms with Gasteiger partial charge < -0.3 is 16.4 Å². The average Bonchev–Trinajstić information content (AvgIpc) is 2.83. The van der Waals surface area contributed by atoms with Crippen molar-refractivity contribution in [1.29, 1.82) is 0 Å². The van der Waals surface area contributed by atoms with E-state index in [0.717, 1.165) is 30.5 Å². The van der Waals surface area contributed by atoms with E-state index in [0.29, 0.717) is 12.3 Å². The van der Waals surface area contributed by atoms with Gasteiger partial charge in [-0.05, 0) is 43.4 Å². The van der Waals surface area contributed by atoms with Crippen molar-refractivity contribution in [2.45, 2.75) is 51.6 Å². The normalized spacial score (nSPS) is 21.2. The molecule has 1 aromatic rings. The van der Waals surface area contributed by atoms with Gasteiger partial charge in [0.1, 0.15) is 0 Å². The number of nitrogens with two attached hydrogens (primary N) is 1. The van der Waals surface area contributed by atoms with Gasteiger partial charge in [0.05, 0.1) is 6.04 Å². The fraction of sp³-hybridized carbons (Fsp3) is 0.529. The van der Waals surface area contributed by atoms with Crippen molar-refractivity contribution in [1.82, 2.24) is 5.32 Å². The number of nitrogens with one attached hydrogen (secondary N) is 2. The number of anilines is 1. The molecule has 128 valence electrons. The summed E-state index contributed by atoms with van der Waals surface area (Å²) in [5, 5.41) is 5.77. The van der Waals surface area contributed by atoms with Gasteiger partial charge in [-0.15, -0.1) is 12.4 Å². The second-order valence-electron chi connectivity index (χ2n) is 6.15. The largest absolute Gasteiger partial charge is 0.350 e. The van der Waals surface area contributed by atoms with Crippen LogP contribution in [-0.4, -0.2) is 17.9 Å². The molecule has 2 amide bonds. The summed E-state index contributed by atoms with van der Waals surface area (Å²) in [6, 6.07) is 7.58. The Labute approximate surface area is 143 Å². The van der Waals surface area contributed by atoms with Crippen molar-refractivity contribution < 1.29 is 9.59 Å². The zero-order valence-electron chi connectivity index (χ0n) is 13.7. The molecule has 0 radical (unpaired) electrons. The van der Waals surface area contributed by atoms with E-state index in [2.05, 4.69) is 10.6 Å². The monoisotopic (exact) mass is 339 g/mol. The molecule has 1 aromatic carbocycles. The van der Waals surface area contributed by atoms with E-state index in [1.165, 1.54) is 6.92 Å². The molecule has 0 aromatic heterocycles. The maximum atomic E-state index is 12.2. The topological polar surface area (TPSA) is 84.2 Å². The van der Waals surface area contributed by atoms with Gasteiger partial charge in [0, 0.05) is 25.1 Å². The number of carbonyl (C=O) groups is 2. The molecule has 0 saturated heterocycles. The number of hydrogen-bond acceptors (Lipinski definition) is 3. The second kappa shape index (κ2) is 8.89. The molecule has 1 aliphatic carbocycles. The highest BCUT2D eigenvalue weighted by molar-refractivity contribution is 5.88. The standard InChI is InChI=1S/C17H25N3O2.ClH/c1-11(13-5-3-7-15(9-13)20-12(2)21)19-17(22)10-14-6-4-8-16(14)18;/h3,5,7,9,11,14,16H,4,6,8,10,18H2,1-2H3,(H,19,22)(H,20,21);1H/t11?,14-,16+;/m0./s1. The van der Waals surface area contributed by atoms with Crippen LogP contribution in [0.1, 0.15) is 51.1 Å². The Morgan fingerprint density at radius 1 is 1.35 bits per heavy atom. The van der Waals surface area contributed by atoms with E-state index in [9.17, 15) is 9.59 Å². The number of carbonyl (C=O) groups excluding carboxylic acids is 2. The van der Waals surface area contributed by atoms with Gasteiger partial charge in [0.2, 0.25) is 11.8 Å². The molecule has 5 nitrogen and oxygen atoms in total. The van der Waals surface area contributed by atoms with Crippen LogP contribution in [0, 0.1) is 5.92 Å². The average molecular weight is 340 g/mol. The first-order valence-corrected chi connectivity index (χ1v) is 7.88. The summed E-state index contributed by atoms with van der Waals surface area (Å²) in [7, 11) is 0. The van der Waals surface area contributed by atoms with Crippen LogP contribution in [0.4, 0.5) is 5.69 Å². The molecule has 0 bridgehead atoms. The van der Waals surface area contributed by atoms with E-state index in [4.69, 9.17) is 5.73 Å². The van der Waals surface area contributed by atoms with Crippen LogP contribution in [0.25, 0.3) is 0 Å². The summed E-state index contributed by atoms with van der Waals surface area (Å²) in [6.45, 7) is 3.42. The van der Waals surface area contributed by atoms with Gasteiger partial charge in [0.25, 0.3) is 0 Å². The summed E-state index contributed by atoms with van der Waals surface area (Å²) < 4.78 is 0. The highest BCUT2D eigenvalue weighted by Crippen LogP contribution is 2.27. The van der Waals surface area contributed by atoms with Crippen LogP contribution in [0.3, 0.4) is 0 Å². The third kappa shape index (κ3) is 5.84. The lowest BCUT2D eigenvalue weighted by Crippen LogP contribution is -2.32. The van der Waals surface area contributed by atoms with Gasteiger partial charge in [0.15, 0.2) is 0 Å². The SMILES string of the molecule is CC(=O)Nc1cccc(C(C)NC(=O)C[C@@H]2CCC[C@H]2N)c1.Cl. The summed E-state index contributed by atoms with van der Waals surface area (Å²) in [5.41, 5.74) is 7.72. The third-order valence-corrected chi connectivity index (χ3v) is 4.25. The zero-order valence-corrected chi connectivity index (χ0v) is 14.5. The lowest BCUT2D eigenvalue weighted by Gasteiger charge is -2.19. The molecule has 6 heteroatoms. The van der Waals surface area contributed by atoms with Gasteiger partial charge in [-0.2, -0.15) is 0 Å². The predicted molar refractivity (Wildman–Crippen MR) is 94.5 cm³/mol. The Morgan fingerprint density at radius 3 is 2.70 bits per heavy atom. The number of hydrogen-bond donors (Lipinski definition) is 3. The quantitative estimate of drug-likeness (QED) is 0.771. The fourth-order valence-corrected chi connectivity index (χ4v) is 3.03. The van der Waals surface area contributed by atoms with E-state index >= 15 is 0 Å². The van der Waals surface area contributed by atoms with Crippen molar-refractivity contribution in [2.75, 3.05) is 5.32 Å². The summed E-state index contributed by atoms with van der Waals surface area (Å²) in [6.07, 6.45) is 3.68. The van der Waals surface area contributed by atoms with E-state index in [1.807, 2.05) is 31.2 Å². The molecule has 1 aliphatic rings. The van der Waals surface area contributed by atoms with Crippen molar-refractivity contribution in [3.05, 3.63) is 29.8 Å². The number of amides is 2. The Kier molecular flexibility index (Phi) is 7.52. The molecule has 1 fully saturated rings. The minimum absolute atomic E-state index is 0. The van der Waals surface area contributed by atoms with E-state index in [-0.39, 0.29) is 36.3 Å². The molecule has 4 N–H and O–H groups in total. The molecular formula is C17H26ClN3O2. The minimum atomic E-state index is -0.107. The Bertz CT molecular complexity index is 550. The maximum Gasteiger partial charge on any atom is 0.221 e. The molecule has 3 atom stereocenters. The van der Waals surface area contributed by atoms with Crippen LogP contribution >= 0.6 is 12.4 Å². The third-order valence-electron chi connectivity index (χ3n) is 4.25. The van der Waals surface area contributed by atoms with Crippen molar-refractivity contribution in [3.63, 3.8) is 0 Å². The zero-order chi connectivity index (χ0) is 16.1. The predicted octanol–water partition coefficient (Wildman–Crippen LogP) is 2.76. The summed E-state index contributed by atoms with van der Waals surface area (Å²) in [4.78, 5) is 23.3. The van der Waals surface area contributed by atoms with Gasteiger partial charge in [-0.25, -0.2) is 0 Å². The molecule has 0 aliphatic heterocycles. The first kappa shape index (κ1) is 19.5. The van der Waals surface area contributed by atoms with Crippen LogP contribution in [0.15, 0.2) is 24.3 Å². The molecule has 2 rings (SSSR count). The summed E-state index contributed by atoms with van der Waals surface area (Å²) >= 11 is 0. The highest BCUT2D eigenvalue weighted by atomic mass is 35.5.